The maximum atomic E-state index is 12.0. The first-order valence-corrected chi connectivity index (χ1v) is 6.93. The highest BCUT2D eigenvalue weighted by Gasteiger charge is 2.32. The van der Waals surface area contributed by atoms with Gasteiger partial charge in [0.25, 0.3) is 6.43 Å². The zero-order valence-electron chi connectivity index (χ0n) is 12.2. The number of hydrogen-bond donors (Lipinski definition) is 1. The lowest BCUT2D eigenvalue weighted by Gasteiger charge is -2.22. The predicted octanol–water partition coefficient (Wildman–Crippen LogP) is 2.92. The normalized spacial score (nSPS) is 22.3. The minimum absolute atomic E-state index is 0. The molecule has 1 unspecified atom stereocenters. The van der Waals surface area contributed by atoms with Crippen LogP contribution in [0.5, 0.6) is 5.75 Å². The molecule has 2 N–H and O–H groups in total. The Labute approximate surface area is 130 Å². The molecule has 0 aliphatic carbocycles. The third-order valence-electron chi connectivity index (χ3n) is 3.84. The fourth-order valence-electron chi connectivity index (χ4n) is 2.54. The maximum Gasteiger partial charge on any atom is 0.272 e. The highest BCUT2D eigenvalue weighted by molar-refractivity contribution is 5.85. The lowest BCUT2D eigenvalue weighted by Crippen LogP contribution is -2.31. The quantitative estimate of drug-likeness (QED) is 0.876. The average Bonchev–Trinajstić information content (AvgIpc) is 2.80. The van der Waals surface area contributed by atoms with Crippen LogP contribution in [0.15, 0.2) is 24.3 Å². The average molecular weight is 321 g/mol. The molecule has 1 saturated heterocycles. The lowest BCUT2D eigenvalue weighted by atomic mass is 9.90. The summed E-state index contributed by atoms with van der Waals surface area (Å²) >= 11 is 0. The highest BCUT2D eigenvalue weighted by Crippen LogP contribution is 2.29. The van der Waals surface area contributed by atoms with E-state index >= 15 is 0 Å². The molecule has 0 saturated carbocycles. The maximum absolute atomic E-state index is 12.0. The van der Waals surface area contributed by atoms with Gasteiger partial charge in [0.1, 0.15) is 12.4 Å². The molecule has 0 spiro atoms. The van der Waals surface area contributed by atoms with Gasteiger partial charge in [0.2, 0.25) is 0 Å². The van der Waals surface area contributed by atoms with Gasteiger partial charge in [-0.15, -0.1) is 12.4 Å². The minimum Gasteiger partial charge on any atom is -0.488 e. The van der Waals surface area contributed by atoms with Gasteiger partial charge < -0.3 is 10.5 Å². The fourth-order valence-corrected chi connectivity index (χ4v) is 2.54. The third-order valence-corrected chi connectivity index (χ3v) is 3.84. The Morgan fingerprint density at radius 3 is 2.52 bits per heavy atom. The van der Waals surface area contributed by atoms with Crippen molar-refractivity contribution in [1.29, 1.82) is 0 Å². The first-order valence-electron chi connectivity index (χ1n) is 6.93. The van der Waals surface area contributed by atoms with Crippen molar-refractivity contribution in [2.75, 3.05) is 26.2 Å². The number of ether oxygens (including phenoxy) is 1. The molecule has 1 fully saturated rings. The molecule has 1 aliphatic rings. The van der Waals surface area contributed by atoms with Crippen LogP contribution < -0.4 is 10.5 Å². The van der Waals surface area contributed by atoms with Crippen molar-refractivity contribution in [3.05, 3.63) is 29.8 Å². The number of nitrogens with two attached hydrogens (primary N) is 1. The van der Waals surface area contributed by atoms with Crippen molar-refractivity contribution >= 4 is 12.4 Å². The van der Waals surface area contributed by atoms with Crippen molar-refractivity contribution in [3.63, 3.8) is 0 Å². The monoisotopic (exact) mass is 320 g/mol. The van der Waals surface area contributed by atoms with Crippen LogP contribution in [0, 0.1) is 5.41 Å². The molecule has 0 radical (unpaired) electrons. The summed E-state index contributed by atoms with van der Waals surface area (Å²) in [6.07, 6.45) is -1.31. The van der Waals surface area contributed by atoms with Crippen LogP contribution in [-0.4, -0.2) is 37.6 Å². The van der Waals surface area contributed by atoms with E-state index < -0.39 is 13.0 Å². The molecule has 2 rings (SSSR count). The standard InChI is InChI=1S/C15H22F2N2O.ClH/c1-15(10-18)6-7-19(11-15)8-12-2-4-13(5-3-12)20-9-14(16)17;/h2-5,14H,6-11,18H2,1H3;1H. The lowest BCUT2D eigenvalue weighted by molar-refractivity contribution is 0.0819. The summed E-state index contributed by atoms with van der Waals surface area (Å²) in [5.74, 6) is 0.488. The van der Waals surface area contributed by atoms with Gasteiger partial charge in [0.15, 0.2) is 0 Å². The van der Waals surface area contributed by atoms with Gasteiger partial charge in [-0.3, -0.25) is 4.90 Å². The molecule has 1 heterocycles. The van der Waals surface area contributed by atoms with Gasteiger partial charge >= 0.3 is 0 Å². The number of benzene rings is 1. The van der Waals surface area contributed by atoms with E-state index in [1.54, 1.807) is 12.1 Å². The third kappa shape index (κ3) is 5.41. The number of likely N-dealkylation sites (tertiary alicyclic amines) is 1. The van der Waals surface area contributed by atoms with Crippen LogP contribution in [0.3, 0.4) is 0 Å². The minimum atomic E-state index is -2.44. The number of hydrogen-bond acceptors (Lipinski definition) is 3. The van der Waals surface area contributed by atoms with Crippen LogP contribution >= 0.6 is 12.4 Å². The van der Waals surface area contributed by atoms with Gasteiger partial charge in [-0.25, -0.2) is 8.78 Å². The van der Waals surface area contributed by atoms with Crippen LogP contribution in [0.2, 0.25) is 0 Å². The molecule has 0 bridgehead atoms. The Bertz CT molecular complexity index is 430. The SMILES string of the molecule is CC1(CN)CCN(Cc2ccc(OCC(F)F)cc2)C1.Cl. The first-order chi connectivity index (χ1) is 9.50. The second kappa shape index (κ2) is 7.92. The van der Waals surface area contributed by atoms with Crippen LogP contribution in [-0.2, 0) is 6.54 Å². The molecular formula is C15H23ClF2N2O. The Morgan fingerprint density at radius 1 is 1.33 bits per heavy atom. The van der Waals surface area contributed by atoms with E-state index in [0.29, 0.717) is 12.3 Å². The number of alkyl halides is 2. The molecule has 1 aromatic rings. The second-order valence-corrected chi connectivity index (χ2v) is 5.82. The molecule has 1 aromatic carbocycles. The van der Waals surface area contributed by atoms with E-state index in [1.807, 2.05) is 12.1 Å². The van der Waals surface area contributed by atoms with Crippen molar-refractivity contribution in [3.8, 4) is 5.75 Å². The Kier molecular flexibility index (Phi) is 6.84. The summed E-state index contributed by atoms with van der Waals surface area (Å²) in [7, 11) is 0. The van der Waals surface area contributed by atoms with Crippen molar-refractivity contribution in [2.24, 2.45) is 11.1 Å². The summed E-state index contributed by atoms with van der Waals surface area (Å²) in [5.41, 5.74) is 7.18. The molecule has 1 aliphatic heterocycles. The Balaban J connectivity index is 0.00000220. The molecule has 0 aromatic heterocycles. The molecule has 21 heavy (non-hydrogen) atoms. The summed E-state index contributed by atoms with van der Waals surface area (Å²) in [5, 5.41) is 0. The van der Waals surface area contributed by atoms with Gasteiger partial charge in [0, 0.05) is 13.1 Å². The van der Waals surface area contributed by atoms with E-state index in [-0.39, 0.29) is 17.8 Å². The molecule has 6 heteroatoms. The first kappa shape index (κ1) is 18.1. The topological polar surface area (TPSA) is 38.5 Å². The largest absolute Gasteiger partial charge is 0.488 e. The van der Waals surface area contributed by atoms with E-state index in [1.165, 1.54) is 0 Å². The highest BCUT2D eigenvalue weighted by atomic mass is 35.5. The molecular weight excluding hydrogens is 298 g/mol. The van der Waals surface area contributed by atoms with Crippen LogP contribution in [0.25, 0.3) is 0 Å². The Morgan fingerprint density at radius 2 is 2.00 bits per heavy atom. The zero-order chi connectivity index (χ0) is 14.6. The number of rotatable bonds is 6. The molecule has 120 valence electrons. The Hall–Kier alpha value is -0.910. The molecule has 0 amide bonds. The van der Waals surface area contributed by atoms with E-state index in [9.17, 15) is 8.78 Å². The summed E-state index contributed by atoms with van der Waals surface area (Å²) < 4.78 is 29.0. The summed E-state index contributed by atoms with van der Waals surface area (Å²) in [6.45, 7) is 5.30. The second-order valence-electron chi connectivity index (χ2n) is 5.82. The predicted molar refractivity (Wildman–Crippen MR) is 82.2 cm³/mol. The van der Waals surface area contributed by atoms with Crippen molar-refractivity contribution in [2.45, 2.75) is 26.3 Å². The van der Waals surface area contributed by atoms with Crippen LogP contribution in [0.4, 0.5) is 8.78 Å². The van der Waals surface area contributed by atoms with Gasteiger partial charge in [-0.1, -0.05) is 19.1 Å². The van der Waals surface area contributed by atoms with Crippen LogP contribution in [0.1, 0.15) is 18.9 Å². The van der Waals surface area contributed by atoms with Gasteiger partial charge in [-0.2, -0.15) is 0 Å². The van der Waals surface area contributed by atoms with Gasteiger partial charge in [0.05, 0.1) is 0 Å². The summed E-state index contributed by atoms with van der Waals surface area (Å²) in [4.78, 5) is 2.38. The smallest absolute Gasteiger partial charge is 0.272 e. The van der Waals surface area contributed by atoms with Gasteiger partial charge in [-0.05, 0) is 42.6 Å². The zero-order valence-corrected chi connectivity index (χ0v) is 13.0. The molecule has 3 nitrogen and oxygen atoms in total. The number of nitrogens with zero attached hydrogens (tertiary/aromatic N) is 1. The van der Waals surface area contributed by atoms with Crippen molar-refractivity contribution < 1.29 is 13.5 Å². The van der Waals surface area contributed by atoms with Crippen molar-refractivity contribution in [1.82, 2.24) is 4.90 Å². The molecule has 1 atom stereocenters. The summed E-state index contributed by atoms with van der Waals surface area (Å²) in [6, 6.07) is 7.35. The van der Waals surface area contributed by atoms with E-state index in [0.717, 1.165) is 31.6 Å². The van der Waals surface area contributed by atoms with E-state index in [2.05, 4.69) is 11.8 Å². The number of halogens is 3. The van der Waals surface area contributed by atoms with E-state index in [4.69, 9.17) is 10.5 Å². The fraction of sp³-hybridized carbons (Fsp3) is 0.600.